The van der Waals surface area contributed by atoms with E-state index < -0.39 is 5.91 Å². The van der Waals surface area contributed by atoms with Crippen LogP contribution in [0.1, 0.15) is 18.4 Å². The van der Waals surface area contributed by atoms with Crippen molar-refractivity contribution < 1.29 is 14.7 Å². The number of amides is 2. The summed E-state index contributed by atoms with van der Waals surface area (Å²) in [6, 6.07) is 15.6. The number of phenols is 1. The number of hydrazone groups is 1. The summed E-state index contributed by atoms with van der Waals surface area (Å²) in [4.78, 5) is 23.9. The molecule has 2 amide bonds. The number of anilines is 1. The molecule has 0 bridgehead atoms. The van der Waals surface area contributed by atoms with Crippen molar-refractivity contribution in [1.82, 2.24) is 5.43 Å². The smallest absolute Gasteiger partial charge is 0.240 e. The summed E-state index contributed by atoms with van der Waals surface area (Å²) in [5.41, 5.74) is 3.28. The lowest BCUT2D eigenvalue weighted by Crippen LogP contribution is -2.20. The zero-order valence-corrected chi connectivity index (χ0v) is 16.7. The van der Waals surface area contributed by atoms with Crippen molar-refractivity contribution in [2.45, 2.75) is 12.8 Å². The fraction of sp³-hybridized carbons (Fsp3) is 0.0952. The highest BCUT2D eigenvalue weighted by molar-refractivity contribution is 6.36. The van der Waals surface area contributed by atoms with Crippen molar-refractivity contribution in [2.75, 3.05) is 5.32 Å². The van der Waals surface area contributed by atoms with Gasteiger partial charge in [0.25, 0.3) is 0 Å². The van der Waals surface area contributed by atoms with E-state index in [-0.39, 0.29) is 24.5 Å². The Morgan fingerprint density at radius 3 is 2.55 bits per heavy atom. The van der Waals surface area contributed by atoms with Gasteiger partial charge in [-0.1, -0.05) is 53.5 Å². The lowest BCUT2D eigenvalue weighted by molar-refractivity contribution is -0.124. The number of hydrogen-bond donors (Lipinski definition) is 3. The minimum Gasteiger partial charge on any atom is -0.507 e. The summed E-state index contributed by atoms with van der Waals surface area (Å²) < 4.78 is 0. The van der Waals surface area contributed by atoms with Gasteiger partial charge in [0.15, 0.2) is 0 Å². The molecule has 0 aromatic heterocycles. The summed E-state index contributed by atoms with van der Waals surface area (Å²) in [5.74, 6) is -0.737. The minimum atomic E-state index is -0.432. The molecular formula is C21H17Cl2N3O3. The maximum atomic E-state index is 12.0. The molecule has 0 saturated carbocycles. The first-order valence-corrected chi connectivity index (χ1v) is 9.47. The maximum absolute atomic E-state index is 12.0. The van der Waals surface area contributed by atoms with Crippen LogP contribution in [0.5, 0.6) is 5.75 Å². The highest BCUT2D eigenvalue weighted by atomic mass is 35.5. The molecule has 3 rings (SSSR count). The molecule has 0 spiro atoms. The SMILES string of the molecule is O=C(CCC(=O)Nc1ccc(Cl)cc1Cl)N/N=C/c1c(O)ccc2ccccc12. The Morgan fingerprint density at radius 1 is 1.00 bits per heavy atom. The van der Waals surface area contributed by atoms with Crippen LogP contribution in [0.2, 0.25) is 10.0 Å². The van der Waals surface area contributed by atoms with Gasteiger partial charge in [-0.2, -0.15) is 5.10 Å². The van der Waals surface area contributed by atoms with E-state index in [1.165, 1.54) is 12.3 Å². The van der Waals surface area contributed by atoms with Crippen LogP contribution in [0.4, 0.5) is 5.69 Å². The van der Waals surface area contributed by atoms with Crippen LogP contribution in [0, 0.1) is 0 Å². The summed E-state index contributed by atoms with van der Waals surface area (Å²) in [5, 5.41) is 19.1. The first-order valence-electron chi connectivity index (χ1n) is 8.71. The molecular weight excluding hydrogens is 413 g/mol. The zero-order chi connectivity index (χ0) is 20.8. The molecule has 0 atom stereocenters. The van der Waals surface area contributed by atoms with Gasteiger partial charge in [-0.15, -0.1) is 0 Å². The molecule has 0 heterocycles. The largest absolute Gasteiger partial charge is 0.507 e. The van der Waals surface area contributed by atoms with Crippen molar-refractivity contribution in [3.05, 3.63) is 70.2 Å². The van der Waals surface area contributed by atoms with E-state index in [1.807, 2.05) is 24.3 Å². The molecule has 0 aliphatic heterocycles. The minimum absolute atomic E-state index is 0.0418. The average Bonchev–Trinajstić information content (AvgIpc) is 2.70. The van der Waals surface area contributed by atoms with E-state index in [1.54, 1.807) is 24.3 Å². The lowest BCUT2D eigenvalue weighted by Gasteiger charge is -2.07. The van der Waals surface area contributed by atoms with Gasteiger partial charge in [0, 0.05) is 23.4 Å². The number of rotatable bonds is 6. The van der Waals surface area contributed by atoms with Crippen molar-refractivity contribution in [1.29, 1.82) is 0 Å². The third kappa shape index (κ3) is 5.47. The Hall–Kier alpha value is -3.09. The fourth-order valence-corrected chi connectivity index (χ4v) is 3.13. The van der Waals surface area contributed by atoms with Gasteiger partial charge < -0.3 is 10.4 Å². The molecule has 0 aliphatic carbocycles. The summed E-state index contributed by atoms with van der Waals surface area (Å²) >= 11 is 11.8. The second-order valence-corrected chi connectivity index (χ2v) is 7.03. The van der Waals surface area contributed by atoms with Gasteiger partial charge >= 0.3 is 0 Å². The topological polar surface area (TPSA) is 90.8 Å². The third-order valence-electron chi connectivity index (χ3n) is 4.11. The van der Waals surface area contributed by atoms with Gasteiger partial charge in [-0.25, -0.2) is 5.43 Å². The Kier molecular flexibility index (Phi) is 6.69. The predicted octanol–water partition coefficient (Wildman–Crippen LogP) is 4.72. The molecule has 6 nitrogen and oxygen atoms in total. The Balaban J connectivity index is 1.54. The number of nitrogens with one attached hydrogen (secondary N) is 2. The molecule has 0 unspecified atom stereocenters. The van der Waals surface area contributed by atoms with Gasteiger partial charge in [0.2, 0.25) is 11.8 Å². The molecule has 3 aromatic rings. The number of aromatic hydroxyl groups is 1. The summed E-state index contributed by atoms with van der Waals surface area (Å²) in [6.45, 7) is 0. The first-order chi connectivity index (χ1) is 13.9. The van der Waals surface area contributed by atoms with Crippen molar-refractivity contribution >= 4 is 57.7 Å². The van der Waals surface area contributed by atoms with Gasteiger partial charge in [-0.3, -0.25) is 9.59 Å². The number of hydrogen-bond acceptors (Lipinski definition) is 4. The maximum Gasteiger partial charge on any atom is 0.240 e. The monoisotopic (exact) mass is 429 g/mol. The third-order valence-corrected chi connectivity index (χ3v) is 4.66. The van der Waals surface area contributed by atoms with Crippen LogP contribution in [0.25, 0.3) is 10.8 Å². The van der Waals surface area contributed by atoms with Crippen molar-refractivity contribution in [3.8, 4) is 5.75 Å². The highest BCUT2D eigenvalue weighted by Crippen LogP contribution is 2.26. The van der Waals surface area contributed by atoms with Crippen molar-refractivity contribution in [2.24, 2.45) is 5.10 Å². The lowest BCUT2D eigenvalue weighted by atomic mass is 10.0. The van der Waals surface area contributed by atoms with E-state index in [9.17, 15) is 14.7 Å². The van der Waals surface area contributed by atoms with Crippen LogP contribution >= 0.6 is 23.2 Å². The number of phenolic OH excluding ortho intramolecular Hbond substituents is 1. The number of carbonyl (C=O) groups is 2. The molecule has 0 fully saturated rings. The fourth-order valence-electron chi connectivity index (χ4n) is 2.68. The second kappa shape index (κ2) is 9.41. The van der Waals surface area contributed by atoms with Crippen LogP contribution in [0.3, 0.4) is 0 Å². The van der Waals surface area contributed by atoms with Gasteiger partial charge in [0.1, 0.15) is 5.75 Å². The van der Waals surface area contributed by atoms with Gasteiger partial charge in [0.05, 0.1) is 16.9 Å². The molecule has 148 valence electrons. The normalized spacial score (nSPS) is 11.0. The number of nitrogens with zero attached hydrogens (tertiary/aromatic N) is 1. The Bertz CT molecular complexity index is 1100. The van der Waals surface area contributed by atoms with Gasteiger partial charge in [-0.05, 0) is 35.0 Å². The van der Waals surface area contributed by atoms with Crippen LogP contribution in [-0.2, 0) is 9.59 Å². The van der Waals surface area contributed by atoms with E-state index in [4.69, 9.17) is 23.2 Å². The summed E-state index contributed by atoms with van der Waals surface area (Å²) in [7, 11) is 0. The van der Waals surface area contributed by atoms with E-state index in [0.717, 1.165) is 10.8 Å². The second-order valence-electron chi connectivity index (χ2n) is 6.19. The van der Waals surface area contributed by atoms with Crippen molar-refractivity contribution in [3.63, 3.8) is 0 Å². The first kappa shape index (κ1) is 20.6. The van der Waals surface area contributed by atoms with E-state index in [0.29, 0.717) is 21.3 Å². The molecule has 0 saturated heterocycles. The van der Waals surface area contributed by atoms with E-state index in [2.05, 4.69) is 15.8 Å². The standard InChI is InChI=1S/C21H17Cl2N3O3/c22-14-6-7-18(17(23)11-14)25-20(28)9-10-21(29)26-24-12-16-15-4-2-1-3-13(15)5-8-19(16)27/h1-8,11-12,27H,9-10H2,(H,25,28)(H,26,29)/b24-12+. The Labute approximate surface area is 177 Å². The zero-order valence-electron chi connectivity index (χ0n) is 15.2. The number of fused-ring (bicyclic) bond motifs is 1. The molecule has 29 heavy (non-hydrogen) atoms. The van der Waals surface area contributed by atoms with Crippen LogP contribution in [0.15, 0.2) is 59.7 Å². The number of carbonyl (C=O) groups excluding carboxylic acids is 2. The highest BCUT2D eigenvalue weighted by Gasteiger charge is 2.09. The molecule has 3 N–H and O–H groups in total. The van der Waals surface area contributed by atoms with Crippen LogP contribution < -0.4 is 10.7 Å². The summed E-state index contributed by atoms with van der Waals surface area (Å²) in [6.07, 6.45) is 1.28. The number of halogens is 2. The number of benzene rings is 3. The van der Waals surface area contributed by atoms with E-state index >= 15 is 0 Å². The molecule has 3 aromatic carbocycles. The predicted molar refractivity (Wildman–Crippen MR) is 116 cm³/mol. The average molecular weight is 430 g/mol. The Morgan fingerprint density at radius 2 is 1.76 bits per heavy atom. The quantitative estimate of drug-likeness (QED) is 0.390. The molecule has 8 heteroatoms. The van der Waals surface area contributed by atoms with Crippen LogP contribution in [-0.4, -0.2) is 23.1 Å². The molecule has 0 radical (unpaired) electrons. The molecule has 0 aliphatic rings.